The third-order valence-electron chi connectivity index (χ3n) is 6.76. The molecule has 0 radical (unpaired) electrons. The lowest BCUT2D eigenvalue weighted by molar-refractivity contribution is -0.153. The van der Waals surface area contributed by atoms with Crippen molar-refractivity contribution in [2.75, 3.05) is 18.6 Å². The molecule has 2 aromatic heterocycles. The standard InChI is InChI=1S/C28H29ClN4O4/c1-15(2)37-26(27(34)35)22-17(4)24-25-21(23(22)18-6-8-19(29)9-7-18)12-16(3)32(25)10-11-33(24)28-30-13-20(36-5)14-31-28/h6-9,12-15,26H,10-11H2,1-5H3,(H,34,35)/t26-/m0/s1. The number of aliphatic carboxylic acids is 1. The predicted molar refractivity (Wildman–Crippen MR) is 144 cm³/mol. The second kappa shape index (κ2) is 9.68. The topological polar surface area (TPSA) is 89.7 Å². The molecule has 0 bridgehead atoms. The fourth-order valence-electron chi connectivity index (χ4n) is 5.22. The van der Waals surface area contributed by atoms with Gasteiger partial charge in [-0.25, -0.2) is 14.8 Å². The van der Waals surface area contributed by atoms with Crippen LogP contribution in [0.1, 0.15) is 36.8 Å². The molecule has 0 saturated heterocycles. The minimum atomic E-state index is -1.17. The van der Waals surface area contributed by atoms with Gasteiger partial charge in [-0.1, -0.05) is 23.7 Å². The number of anilines is 2. The van der Waals surface area contributed by atoms with Crippen LogP contribution in [0.4, 0.5) is 11.6 Å². The number of hydrogen-bond acceptors (Lipinski definition) is 6. The molecule has 1 N–H and O–H groups in total. The van der Waals surface area contributed by atoms with Crippen molar-refractivity contribution in [3.8, 4) is 16.9 Å². The fourth-order valence-corrected chi connectivity index (χ4v) is 5.35. The van der Waals surface area contributed by atoms with E-state index in [4.69, 9.17) is 21.1 Å². The molecule has 8 nitrogen and oxygen atoms in total. The number of methoxy groups -OCH3 is 1. The lowest BCUT2D eigenvalue weighted by atomic mass is 9.87. The number of nitrogens with zero attached hydrogens (tertiary/aromatic N) is 4. The largest absolute Gasteiger partial charge is 0.494 e. The summed E-state index contributed by atoms with van der Waals surface area (Å²) in [5.74, 6) is 0.0480. The Morgan fingerprint density at radius 3 is 2.38 bits per heavy atom. The van der Waals surface area contributed by atoms with Gasteiger partial charge < -0.3 is 24.0 Å². The maximum atomic E-state index is 12.7. The van der Waals surface area contributed by atoms with E-state index in [1.165, 1.54) is 0 Å². The first-order valence-corrected chi connectivity index (χ1v) is 12.5. The van der Waals surface area contributed by atoms with E-state index in [2.05, 4.69) is 32.4 Å². The summed E-state index contributed by atoms with van der Waals surface area (Å²) in [5.41, 5.74) is 6.12. The van der Waals surface area contributed by atoms with Gasteiger partial charge in [-0.3, -0.25) is 0 Å². The van der Waals surface area contributed by atoms with Crippen LogP contribution >= 0.6 is 11.6 Å². The van der Waals surface area contributed by atoms with Gasteiger partial charge in [0.1, 0.15) is 0 Å². The number of carbonyl (C=O) groups is 1. The number of benzene rings is 2. The summed E-state index contributed by atoms with van der Waals surface area (Å²) in [6.45, 7) is 9.08. The van der Waals surface area contributed by atoms with Gasteiger partial charge in [0.2, 0.25) is 5.95 Å². The highest BCUT2D eigenvalue weighted by Gasteiger charge is 2.35. The van der Waals surface area contributed by atoms with Crippen LogP contribution in [0, 0.1) is 13.8 Å². The first-order valence-electron chi connectivity index (χ1n) is 12.1. The molecule has 0 spiro atoms. The van der Waals surface area contributed by atoms with Crippen LogP contribution in [0.3, 0.4) is 0 Å². The predicted octanol–water partition coefficient (Wildman–Crippen LogP) is 6.08. The highest BCUT2D eigenvalue weighted by atomic mass is 35.5. The number of carboxylic acid groups (broad SMARTS) is 1. The van der Waals surface area contributed by atoms with Gasteiger partial charge in [0, 0.05) is 34.8 Å². The monoisotopic (exact) mass is 520 g/mol. The first kappa shape index (κ1) is 25.0. The normalized spacial score (nSPS) is 13.9. The molecule has 0 aliphatic carbocycles. The molecule has 2 aromatic carbocycles. The number of hydrogen-bond donors (Lipinski definition) is 1. The van der Waals surface area contributed by atoms with Crippen LogP contribution in [-0.2, 0) is 16.1 Å². The van der Waals surface area contributed by atoms with Gasteiger partial charge in [-0.15, -0.1) is 0 Å². The van der Waals surface area contributed by atoms with Gasteiger partial charge in [-0.2, -0.15) is 0 Å². The molecule has 37 heavy (non-hydrogen) atoms. The molecule has 0 amide bonds. The summed E-state index contributed by atoms with van der Waals surface area (Å²) in [6, 6.07) is 9.62. The van der Waals surface area contributed by atoms with E-state index in [1.54, 1.807) is 19.5 Å². The summed E-state index contributed by atoms with van der Waals surface area (Å²) in [5, 5.41) is 11.9. The zero-order chi connectivity index (χ0) is 26.4. The van der Waals surface area contributed by atoms with Crippen molar-refractivity contribution in [2.45, 2.75) is 46.4 Å². The lowest BCUT2D eigenvalue weighted by Crippen LogP contribution is -2.31. The molecule has 1 aliphatic rings. The van der Waals surface area contributed by atoms with Crippen molar-refractivity contribution in [3.05, 3.63) is 64.6 Å². The Morgan fingerprint density at radius 1 is 1.11 bits per heavy atom. The van der Waals surface area contributed by atoms with Gasteiger partial charge >= 0.3 is 5.97 Å². The molecule has 9 heteroatoms. The molecule has 1 aliphatic heterocycles. The van der Waals surface area contributed by atoms with Crippen LogP contribution in [0.2, 0.25) is 5.02 Å². The highest BCUT2D eigenvalue weighted by molar-refractivity contribution is 6.30. The van der Waals surface area contributed by atoms with Crippen molar-refractivity contribution in [1.82, 2.24) is 14.5 Å². The van der Waals surface area contributed by atoms with Crippen LogP contribution in [0.15, 0.2) is 42.7 Å². The van der Waals surface area contributed by atoms with Crippen LogP contribution in [0.25, 0.3) is 22.0 Å². The first-order chi connectivity index (χ1) is 17.7. The zero-order valence-electron chi connectivity index (χ0n) is 21.4. The SMILES string of the molecule is COc1cnc(N2CCn3c(C)cc4c(-c5ccc(Cl)cc5)c([C@H](OC(C)C)C(=O)O)c(C)c2c43)nc1. The van der Waals surface area contributed by atoms with E-state index in [0.29, 0.717) is 28.8 Å². The second-order valence-corrected chi connectivity index (χ2v) is 9.88. The molecule has 3 heterocycles. The van der Waals surface area contributed by atoms with E-state index in [1.807, 2.05) is 45.0 Å². The van der Waals surface area contributed by atoms with Gasteiger partial charge in [-0.05, 0) is 62.6 Å². The maximum Gasteiger partial charge on any atom is 0.337 e. The van der Waals surface area contributed by atoms with E-state index >= 15 is 0 Å². The minimum Gasteiger partial charge on any atom is -0.494 e. The van der Waals surface area contributed by atoms with Crippen molar-refractivity contribution in [3.63, 3.8) is 0 Å². The van der Waals surface area contributed by atoms with Gasteiger partial charge in [0.25, 0.3) is 0 Å². The molecular formula is C28H29ClN4O4. The van der Waals surface area contributed by atoms with Crippen LogP contribution in [-0.4, -0.2) is 45.4 Å². The average molecular weight is 521 g/mol. The smallest absolute Gasteiger partial charge is 0.337 e. The van der Waals surface area contributed by atoms with Crippen LogP contribution in [0.5, 0.6) is 5.75 Å². The third-order valence-corrected chi connectivity index (χ3v) is 7.01. The van der Waals surface area contributed by atoms with Crippen LogP contribution < -0.4 is 9.64 Å². The molecule has 0 saturated carbocycles. The van der Waals surface area contributed by atoms with E-state index in [0.717, 1.165) is 45.5 Å². The average Bonchev–Trinajstić information content (AvgIpc) is 3.21. The summed E-state index contributed by atoms with van der Waals surface area (Å²) in [6.07, 6.45) is 1.81. The summed E-state index contributed by atoms with van der Waals surface area (Å²) in [4.78, 5) is 23.8. The summed E-state index contributed by atoms with van der Waals surface area (Å²) in [7, 11) is 1.57. The quantitative estimate of drug-likeness (QED) is 0.316. The summed E-state index contributed by atoms with van der Waals surface area (Å²) >= 11 is 6.21. The number of ether oxygens (including phenoxy) is 2. The number of aryl methyl sites for hydroxylation is 1. The molecule has 192 valence electrons. The molecule has 1 atom stereocenters. The molecule has 0 unspecified atom stereocenters. The molecular weight excluding hydrogens is 492 g/mol. The second-order valence-electron chi connectivity index (χ2n) is 9.45. The van der Waals surface area contributed by atoms with E-state index in [9.17, 15) is 9.90 Å². The van der Waals surface area contributed by atoms with E-state index < -0.39 is 12.1 Å². The van der Waals surface area contributed by atoms with Crippen molar-refractivity contribution >= 4 is 40.1 Å². The Bertz CT molecular complexity index is 1480. The molecule has 5 rings (SSSR count). The Balaban J connectivity index is 1.87. The molecule has 4 aromatic rings. The Labute approximate surface area is 220 Å². The number of rotatable bonds is 7. The van der Waals surface area contributed by atoms with E-state index in [-0.39, 0.29) is 6.10 Å². The minimum absolute atomic E-state index is 0.294. The Kier molecular flexibility index (Phi) is 6.56. The molecule has 0 fully saturated rings. The summed E-state index contributed by atoms with van der Waals surface area (Å²) < 4.78 is 13.6. The Hall–Kier alpha value is -3.62. The Morgan fingerprint density at radius 2 is 1.78 bits per heavy atom. The number of aromatic nitrogens is 3. The van der Waals surface area contributed by atoms with Crippen molar-refractivity contribution < 1.29 is 19.4 Å². The highest BCUT2D eigenvalue weighted by Crippen LogP contribution is 2.48. The van der Waals surface area contributed by atoms with Gasteiger partial charge in [0.05, 0.1) is 36.8 Å². The zero-order valence-corrected chi connectivity index (χ0v) is 22.2. The number of halogens is 1. The van der Waals surface area contributed by atoms with Gasteiger partial charge in [0.15, 0.2) is 11.9 Å². The fraction of sp³-hybridized carbons (Fsp3) is 0.321. The van der Waals surface area contributed by atoms with Crippen molar-refractivity contribution in [2.24, 2.45) is 0 Å². The maximum absolute atomic E-state index is 12.7. The lowest BCUT2D eigenvalue weighted by Gasteiger charge is -2.34. The van der Waals surface area contributed by atoms with Crippen molar-refractivity contribution in [1.29, 1.82) is 0 Å². The number of carboxylic acids is 1. The third kappa shape index (κ3) is 4.30.